The molecule has 0 aromatic carbocycles. The first-order chi connectivity index (χ1) is 9.72. The minimum absolute atomic E-state index is 0. The van der Waals surface area contributed by atoms with E-state index in [-0.39, 0.29) is 36.4 Å². The van der Waals surface area contributed by atoms with Gasteiger partial charge in [0.2, 0.25) is 5.91 Å². The molecule has 122 valence electrons. The molecule has 1 aliphatic heterocycles. The van der Waals surface area contributed by atoms with E-state index in [0.29, 0.717) is 6.10 Å². The van der Waals surface area contributed by atoms with Gasteiger partial charge in [0.25, 0.3) is 0 Å². The third-order valence-corrected chi connectivity index (χ3v) is 3.90. The lowest BCUT2D eigenvalue weighted by Crippen LogP contribution is -2.49. The number of carbonyl (C=O) groups is 1. The SMILES string of the molecule is CN=C(NCC(=O)NC)N1CCC(OCC2CC2)CC1.I. The minimum atomic E-state index is -0.0335. The van der Waals surface area contributed by atoms with Crippen LogP contribution in [0.25, 0.3) is 0 Å². The zero-order valence-corrected chi connectivity index (χ0v) is 15.3. The second-order valence-electron chi connectivity index (χ2n) is 5.54. The van der Waals surface area contributed by atoms with E-state index >= 15 is 0 Å². The van der Waals surface area contributed by atoms with Crippen LogP contribution in [0.3, 0.4) is 0 Å². The molecule has 0 aromatic rings. The van der Waals surface area contributed by atoms with Crippen molar-refractivity contribution in [3.63, 3.8) is 0 Å². The average molecular weight is 410 g/mol. The van der Waals surface area contributed by atoms with Crippen molar-refractivity contribution in [1.29, 1.82) is 0 Å². The molecule has 0 unspecified atom stereocenters. The highest BCUT2D eigenvalue weighted by molar-refractivity contribution is 14.0. The highest BCUT2D eigenvalue weighted by Gasteiger charge is 2.26. The Kier molecular flexibility index (Phi) is 8.31. The Bertz CT molecular complexity index is 353. The normalized spacial score (nSPS) is 19.9. The number of amides is 1. The third kappa shape index (κ3) is 6.37. The van der Waals surface area contributed by atoms with E-state index in [0.717, 1.165) is 44.4 Å². The Morgan fingerprint density at radius 2 is 1.95 bits per heavy atom. The van der Waals surface area contributed by atoms with Crippen LogP contribution in [0.2, 0.25) is 0 Å². The van der Waals surface area contributed by atoms with Crippen LogP contribution < -0.4 is 10.6 Å². The fourth-order valence-electron chi connectivity index (χ4n) is 2.37. The summed E-state index contributed by atoms with van der Waals surface area (Å²) in [5, 5.41) is 5.68. The standard InChI is InChI=1S/C14H26N4O2.HI/c1-15-13(19)9-17-14(16-2)18-7-5-12(6-8-18)20-10-11-3-4-11;/h11-12H,3-10H2,1-2H3,(H,15,19)(H,16,17);1H. The second-order valence-corrected chi connectivity index (χ2v) is 5.54. The van der Waals surface area contributed by atoms with Crippen molar-refractivity contribution in [2.24, 2.45) is 10.9 Å². The number of hydrogen-bond donors (Lipinski definition) is 2. The summed E-state index contributed by atoms with van der Waals surface area (Å²) in [4.78, 5) is 17.7. The number of hydrogen-bond acceptors (Lipinski definition) is 3. The van der Waals surface area contributed by atoms with Crippen LogP contribution >= 0.6 is 24.0 Å². The fraction of sp³-hybridized carbons (Fsp3) is 0.857. The van der Waals surface area contributed by atoms with Crippen molar-refractivity contribution >= 4 is 35.8 Å². The first kappa shape index (κ1) is 18.5. The molecule has 1 heterocycles. The maximum absolute atomic E-state index is 11.3. The summed E-state index contributed by atoms with van der Waals surface area (Å²) < 4.78 is 5.93. The summed E-state index contributed by atoms with van der Waals surface area (Å²) in [5.41, 5.74) is 0. The lowest BCUT2D eigenvalue weighted by molar-refractivity contribution is -0.119. The maximum atomic E-state index is 11.3. The van der Waals surface area contributed by atoms with Crippen molar-refractivity contribution < 1.29 is 9.53 Å². The molecule has 2 fully saturated rings. The van der Waals surface area contributed by atoms with E-state index in [9.17, 15) is 4.79 Å². The highest BCUT2D eigenvalue weighted by Crippen LogP contribution is 2.30. The van der Waals surface area contributed by atoms with Crippen molar-refractivity contribution in [1.82, 2.24) is 15.5 Å². The molecule has 1 saturated carbocycles. The predicted octanol–water partition coefficient (Wildman–Crippen LogP) is 0.817. The Hall–Kier alpha value is -0.570. The predicted molar refractivity (Wildman–Crippen MR) is 94.1 cm³/mol. The zero-order valence-electron chi connectivity index (χ0n) is 12.9. The number of halogens is 1. The monoisotopic (exact) mass is 410 g/mol. The molecule has 0 spiro atoms. The summed E-state index contributed by atoms with van der Waals surface area (Å²) in [7, 11) is 3.39. The van der Waals surface area contributed by atoms with Gasteiger partial charge in [0.1, 0.15) is 0 Å². The smallest absolute Gasteiger partial charge is 0.239 e. The van der Waals surface area contributed by atoms with Gasteiger partial charge in [-0.15, -0.1) is 24.0 Å². The van der Waals surface area contributed by atoms with Gasteiger partial charge >= 0.3 is 0 Å². The molecule has 0 radical (unpaired) electrons. The summed E-state index contributed by atoms with van der Waals surface area (Å²) >= 11 is 0. The van der Waals surface area contributed by atoms with Gasteiger partial charge in [-0.05, 0) is 31.6 Å². The molecule has 0 bridgehead atoms. The van der Waals surface area contributed by atoms with Gasteiger partial charge in [-0.3, -0.25) is 9.79 Å². The van der Waals surface area contributed by atoms with Gasteiger partial charge in [0, 0.05) is 33.8 Å². The largest absolute Gasteiger partial charge is 0.378 e. The molecular formula is C14H27IN4O2. The third-order valence-electron chi connectivity index (χ3n) is 3.90. The molecule has 0 atom stereocenters. The lowest BCUT2D eigenvalue weighted by Gasteiger charge is -2.34. The summed E-state index contributed by atoms with van der Waals surface area (Å²) in [5.74, 6) is 1.60. The average Bonchev–Trinajstić information content (AvgIpc) is 3.31. The van der Waals surface area contributed by atoms with Crippen LogP contribution in [0.4, 0.5) is 0 Å². The Morgan fingerprint density at radius 1 is 1.29 bits per heavy atom. The minimum Gasteiger partial charge on any atom is -0.378 e. The molecule has 2 aliphatic rings. The number of ether oxygens (including phenoxy) is 1. The number of aliphatic imine (C=N–C) groups is 1. The quantitative estimate of drug-likeness (QED) is 0.400. The second kappa shape index (κ2) is 9.45. The molecule has 0 aromatic heterocycles. The van der Waals surface area contributed by atoms with Crippen LogP contribution in [0.15, 0.2) is 4.99 Å². The number of nitrogens with one attached hydrogen (secondary N) is 2. The van der Waals surface area contributed by atoms with Crippen molar-refractivity contribution in [3.8, 4) is 0 Å². The Balaban J connectivity index is 0.00000220. The summed E-state index contributed by atoms with van der Waals surface area (Å²) in [6.07, 6.45) is 5.15. The maximum Gasteiger partial charge on any atom is 0.239 e. The van der Waals surface area contributed by atoms with E-state index in [2.05, 4.69) is 20.5 Å². The number of rotatable bonds is 5. The molecular weight excluding hydrogens is 383 g/mol. The molecule has 7 heteroatoms. The van der Waals surface area contributed by atoms with Gasteiger partial charge < -0.3 is 20.3 Å². The van der Waals surface area contributed by atoms with Gasteiger partial charge in [-0.1, -0.05) is 0 Å². The molecule has 1 saturated heterocycles. The highest BCUT2D eigenvalue weighted by atomic mass is 127. The van der Waals surface area contributed by atoms with Crippen molar-refractivity contribution in [2.75, 3.05) is 40.3 Å². The lowest BCUT2D eigenvalue weighted by atomic mass is 10.1. The van der Waals surface area contributed by atoms with E-state index in [1.54, 1.807) is 14.1 Å². The number of likely N-dealkylation sites (tertiary alicyclic amines) is 1. The number of guanidine groups is 1. The van der Waals surface area contributed by atoms with Crippen LogP contribution in [0, 0.1) is 5.92 Å². The molecule has 6 nitrogen and oxygen atoms in total. The Labute approximate surface area is 144 Å². The number of piperidine rings is 1. The molecule has 2 rings (SSSR count). The van der Waals surface area contributed by atoms with Crippen LogP contribution in [-0.4, -0.2) is 63.2 Å². The molecule has 1 aliphatic carbocycles. The summed E-state index contributed by atoms with van der Waals surface area (Å²) in [6.45, 7) is 3.07. The van der Waals surface area contributed by atoms with Gasteiger partial charge in [-0.2, -0.15) is 0 Å². The van der Waals surface area contributed by atoms with Crippen molar-refractivity contribution in [3.05, 3.63) is 0 Å². The first-order valence-electron chi connectivity index (χ1n) is 7.50. The van der Waals surface area contributed by atoms with Gasteiger partial charge in [-0.25, -0.2) is 0 Å². The van der Waals surface area contributed by atoms with Crippen LogP contribution in [-0.2, 0) is 9.53 Å². The van der Waals surface area contributed by atoms with Crippen LogP contribution in [0.1, 0.15) is 25.7 Å². The fourth-order valence-corrected chi connectivity index (χ4v) is 2.37. The van der Waals surface area contributed by atoms with E-state index in [1.807, 2.05) is 0 Å². The van der Waals surface area contributed by atoms with Crippen molar-refractivity contribution in [2.45, 2.75) is 31.8 Å². The molecule has 1 amide bonds. The van der Waals surface area contributed by atoms with E-state index in [4.69, 9.17) is 4.74 Å². The van der Waals surface area contributed by atoms with Gasteiger partial charge in [0.15, 0.2) is 5.96 Å². The van der Waals surface area contributed by atoms with E-state index < -0.39 is 0 Å². The number of likely N-dealkylation sites (N-methyl/N-ethyl adjacent to an activating group) is 1. The number of carbonyl (C=O) groups excluding carboxylic acids is 1. The van der Waals surface area contributed by atoms with Gasteiger partial charge in [0.05, 0.1) is 12.6 Å². The number of nitrogens with zero attached hydrogens (tertiary/aromatic N) is 2. The Morgan fingerprint density at radius 3 is 2.48 bits per heavy atom. The molecule has 21 heavy (non-hydrogen) atoms. The zero-order chi connectivity index (χ0) is 14.4. The molecule has 2 N–H and O–H groups in total. The van der Waals surface area contributed by atoms with E-state index in [1.165, 1.54) is 12.8 Å². The topological polar surface area (TPSA) is 66.0 Å². The first-order valence-corrected chi connectivity index (χ1v) is 7.50. The summed E-state index contributed by atoms with van der Waals surface area (Å²) in [6, 6.07) is 0. The van der Waals surface area contributed by atoms with Crippen LogP contribution in [0.5, 0.6) is 0 Å².